The van der Waals surface area contributed by atoms with Crippen molar-refractivity contribution in [2.75, 3.05) is 0 Å². The maximum atomic E-state index is 10.9. The molecule has 0 fully saturated rings. The number of halogens is 2. The van der Waals surface area contributed by atoms with Gasteiger partial charge in [0.2, 0.25) is 0 Å². The van der Waals surface area contributed by atoms with Crippen molar-refractivity contribution in [1.82, 2.24) is 0 Å². The van der Waals surface area contributed by atoms with Crippen LogP contribution in [0.3, 0.4) is 0 Å². The van der Waals surface area contributed by atoms with Crippen molar-refractivity contribution in [2.45, 2.75) is 33.0 Å². The van der Waals surface area contributed by atoms with Crippen LogP contribution in [0, 0.1) is 0 Å². The lowest BCUT2D eigenvalue weighted by Crippen LogP contribution is -2.30. The van der Waals surface area contributed by atoms with Gasteiger partial charge >= 0.3 is 11.9 Å². The Kier molecular flexibility index (Phi) is 8.16. The Bertz CT molecular complexity index is 332. The summed E-state index contributed by atoms with van der Waals surface area (Å²) in [5, 5.41) is 0. The van der Waals surface area contributed by atoms with Crippen LogP contribution >= 0.6 is 31.9 Å². The summed E-state index contributed by atoms with van der Waals surface area (Å²) >= 11 is 6.37. The van der Waals surface area contributed by atoms with Crippen LogP contribution in [0.25, 0.3) is 0 Å². The zero-order chi connectivity index (χ0) is 13.4. The van der Waals surface area contributed by atoms with E-state index in [0.717, 1.165) is 3.39 Å². The highest BCUT2D eigenvalue weighted by Crippen LogP contribution is 2.13. The number of hydrogen-bond acceptors (Lipinski definition) is 4. The van der Waals surface area contributed by atoms with Crippen molar-refractivity contribution < 1.29 is 19.1 Å². The Hall–Kier alpha value is -0.620. The van der Waals surface area contributed by atoms with Crippen LogP contribution in [0.15, 0.2) is 21.6 Å². The van der Waals surface area contributed by atoms with Crippen LogP contribution in [0.2, 0.25) is 0 Å². The molecule has 0 aromatic rings. The standard InChI is InChI=1S/C11H14Br2O4/c1-7(16-8(2)14)10(17-9(3)15)5-4-6-11(12)13/h4-7,10H,1-3H3/b5-4+/t7-,10+/m0/s1. The minimum atomic E-state index is -0.605. The molecule has 96 valence electrons. The SMILES string of the molecule is CC(=O)O[C@@H](C)[C@@H](/C=C/C=C(Br)Br)OC(C)=O. The third-order valence-corrected chi connectivity index (χ3v) is 2.17. The second kappa shape index (κ2) is 8.47. The number of ether oxygens (including phenoxy) is 2. The van der Waals surface area contributed by atoms with Gasteiger partial charge in [0.1, 0.15) is 6.10 Å². The summed E-state index contributed by atoms with van der Waals surface area (Å²) in [6, 6.07) is 0. The molecule has 0 aliphatic rings. The summed E-state index contributed by atoms with van der Waals surface area (Å²) in [5.74, 6) is -0.846. The Morgan fingerprint density at radius 3 is 2.06 bits per heavy atom. The molecule has 17 heavy (non-hydrogen) atoms. The summed E-state index contributed by atoms with van der Waals surface area (Å²) in [5.41, 5.74) is 0. The molecule has 0 unspecified atom stereocenters. The van der Waals surface area contributed by atoms with Crippen LogP contribution < -0.4 is 0 Å². The third kappa shape index (κ3) is 9.12. The molecule has 0 aromatic heterocycles. The third-order valence-electron chi connectivity index (χ3n) is 1.64. The van der Waals surface area contributed by atoms with Gasteiger partial charge in [-0.25, -0.2) is 0 Å². The molecule has 6 heteroatoms. The summed E-state index contributed by atoms with van der Waals surface area (Å²) in [4.78, 5) is 21.7. The van der Waals surface area contributed by atoms with Gasteiger partial charge in [-0.2, -0.15) is 0 Å². The molecule has 0 amide bonds. The lowest BCUT2D eigenvalue weighted by Gasteiger charge is -2.20. The fourth-order valence-corrected chi connectivity index (χ4v) is 1.36. The highest BCUT2D eigenvalue weighted by molar-refractivity contribution is 9.28. The minimum absolute atomic E-state index is 0.416. The first kappa shape index (κ1) is 16.4. The zero-order valence-corrected chi connectivity index (χ0v) is 12.9. The van der Waals surface area contributed by atoms with E-state index in [0.29, 0.717) is 0 Å². The van der Waals surface area contributed by atoms with E-state index in [1.54, 1.807) is 25.2 Å². The van der Waals surface area contributed by atoms with Crippen molar-refractivity contribution in [3.63, 3.8) is 0 Å². The first-order chi connectivity index (χ1) is 7.82. The lowest BCUT2D eigenvalue weighted by molar-refractivity contribution is -0.160. The second-order valence-electron chi connectivity index (χ2n) is 3.23. The maximum Gasteiger partial charge on any atom is 0.303 e. The fourth-order valence-electron chi connectivity index (χ4n) is 1.05. The molecule has 0 N–H and O–H groups in total. The van der Waals surface area contributed by atoms with E-state index in [1.165, 1.54) is 13.8 Å². The predicted molar refractivity (Wildman–Crippen MR) is 71.9 cm³/mol. The average molecular weight is 370 g/mol. The van der Waals surface area contributed by atoms with Gasteiger partial charge in [0.15, 0.2) is 6.10 Å². The lowest BCUT2D eigenvalue weighted by atomic mass is 10.2. The quantitative estimate of drug-likeness (QED) is 0.552. The van der Waals surface area contributed by atoms with Gasteiger partial charge in [0.25, 0.3) is 0 Å². The molecule has 4 nitrogen and oxygen atoms in total. The molecule has 0 saturated carbocycles. The Labute approximate surface area is 117 Å². The second-order valence-corrected chi connectivity index (χ2v) is 6.00. The molecule has 0 saturated heterocycles. The van der Waals surface area contributed by atoms with E-state index in [2.05, 4.69) is 31.9 Å². The summed E-state index contributed by atoms with van der Waals surface area (Å²) in [6.45, 7) is 4.27. The van der Waals surface area contributed by atoms with E-state index in [4.69, 9.17) is 9.47 Å². The fraction of sp³-hybridized carbons (Fsp3) is 0.455. The Morgan fingerprint density at radius 1 is 1.12 bits per heavy atom. The minimum Gasteiger partial charge on any atom is -0.459 e. The first-order valence-electron chi connectivity index (χ1n) is 4.87. The normalized spacial score (nSPS) is 13.9. The molecule has 0 heterocycles. The molecule has 0 spiro atoms. The molecule has 0 rings (SSSR count). The average Bonchev–Trinajstić information content (AvgIpc) is 2.13. The molecule has 2 atom stereocenters. The van der Waals surface area contributed by atoms with Gasteiger partial charge in [-0.3, -0.25) is 9.59 Å². The largest absolute Gasteiger partial charge is 0.459 e. The number of allylic oxidation sites excluding steroid dienone is 2. The van der Waals surface area contributed by atoms with Crippen LogP contribution in [0.4, 0.5) is 0 Å². The Morgan fingerprint density at radius 2 is 1.65 bits per heavy atom. The highest BCUT2D eigenvalue weighted by Gasteiger charge is 2.19. The first-order valence-corrected chi connectivity index (χ1v) is 6.45. The zero-order valence-electron chi connectivity index (χ0n) is 9.78. The molecule has 0 aliphatic carbocycles. The molecular weight excluding hydrogens is 356 g/mol. The summed E-state index contributed by atoms with van der Waals surface area (Å²) < 4.78 is 10.7. The van der Waals surface area contributed by atoms with E-state index in [9.17, 15) is 9.59 Å². The number of carbonyl (C=O) groups is 2. The van der Waals surface area contributed by atoms with Crippen molar-refractivity contribution in [1.29, 1.82) is 0 Å². The van der Waals surface area contributed by atoms with E-state index in [-0.39, 0.29) is 0 Å². The maximum absolute atomic E-state index is 10.9. The molecule has 0 aliphatic heterocycles. The van der Waals surface area contributed by atoms with Crippen LogP contribution in [-0.4, -0.2) is 24.1 Å². The Balaban J connectivity index is 4.63. The summed E-state index contributed by atoms with van der Waals surface area (Å²) in [6.07, 6.45) is 3.91. The topological polar surface area (TPSA) is 52.6 Å². The summed E-state index contributed by atoms with van der Waals surface area (Å²) in [7, 11) is 0. The van der Waals surface area contributed by atoms with Crippen molar-refractivity contribution >= 4 is 43.8 Å². The van der Waals surface area contributed by atoms with E-state index < -0.39 is 24.1 Å². The predicted octanol–water partition coefficient (Wildman–Crippen LogP) is 3.06. The highest BCUT2D eigenvalue weighted by atomic mass is 79.9. The smallest absolute Gasteiger partial charge is 0.303 e. The van der Waals surface area contributed by atoms with Crippen LogP contribution in [0.1, 0.15) is 20.8 Å². The van der Waals surface area contributed by atoms with Crippen molar-refractivity contribution in [2.24, 2.45) is 0 Å². The molecule has 0 aromatic carbocycles. The molecule has 0 radical (unpaired) electrons. The van der Waals surface area contributed by atoms with Crippen LogP contribution in [-0.2, 0) is 19.1 Å². The van der Waals surface area contributed by atoms with Gasteiger partial charge in [-0.1, -0.05) is 6.08 Å². The number of esters is 2. The molecular formula is C11H14Br2O4. The number of carbonyl (C=O) groups excluding carboxylic acids is 2. The molecule has 0 bridgehead atoms. The van der Waals surface area contributed by atoms with Gasteiger partial charge in [-0.05, 0) is 50.9 Å². The van der Waals surface area contributed by atoms with Gasteiger partial charge in [0.05, 0.1) is 3.39 Å². The van der Waals surface area contributed by atoms with Crippen molar-refractivity contribution in [3.05, 3.63) is 21.6 Å². The number of rotatable bonds is 5. The van der Waals surface area contributed by atoms with E-state index >= 15 is 0 Å². The van der Waals surface area contributed by atoms with Gasteiger partial charge in [-0.15, -0.1) is 0 Å². The van der Waals surface area contributed by atoms with Gasteiger partial charge < -0.3 is 9.47 Å². The van der Waals surface area contributed by atoms with E-state index in [1.807, 2.05) is 0 Å². The van der Waals surface area contributed by atoms with Gasteiger partial charge in [0, 0.05) is 13.8 Å². The number of hydrogen-bond donors (Lipinski definition) is 0. The van der Waals surface area contributed by atoms with Crippen molar-refractivity contribution in [3.8, 4) is 0 Å². The van der Waals surface area contributed by atoms with Crippen LogP contribution in [0.5, 0.6) is 0 Å². The monoisotopic (exact) mass is 368 g/mol.